The smallest absolute Gasteiger partial charge is 0.410 e. The molecule has 0 aliphatic rings. The molecule has 330 valence electrons. The van der Waals surface area contributed by atoms with Gasteiger partial charge in [-0.2, -0.15) is 0 Å². The molecule has 5 atom stereocenters. The molecule has 3 rings (SSSR count). The zero-order valence-electron chi connectivity index (χ0n) is 37.8. The van der Waals surface area contributed by atoms with Gasteiger partial charge in [-0.25, -0.2) is 9.59 Å². The molecular weight excluding hydrogens is 775 g/mol. The van der Waals surface area contributed by atoms with Crippen molar-refractivity contribution in [3.63, 3.8) is 0 Å². The van der Waals surface area contributed by atoms with E-state index >= 15 is 0 Å². The van der Waals surface area contributed by atoms with Crippen molar-refractivity contribution in [3.8, 4) is 0 Å². The number of carbonyl (C=O) groups is 4. The van der Waals surface area contributed by atoms with Crippen LogP contribution in [0.3, 0.4) is 0 Å². The number of nitrogens with zero attached hydrogens (tertiary/aromatic N) is 1. The standard InChI is InChI=1S/C49H71NO9Si/c1-11-12-13-14-24-31-42(37(4)46(52)58-45(36(2)3)47(53)55-34-39-27-20-16-21-28-39)57-44(51)33-43(59-60(9,10)49(5,6)7)41(32-38-25-18-15-19-26-38)50(8)48(54)56-35-40-29-22-17-23-30-40/h15-23,25-30,36-37,41-43,45H,11-14,24,31-35H2,1-10H3/t37-,41-,42+,43+,45-/m0/s1. The summed E-state index contributed by atoms with van der Waals surface area (Å²) in [7, 11) is -0.871. The lowest BCUT2D eigenvalue weighted by molar-refractivity contribution is -0.179. The van der Waals surface area contributed by atoms with Gasteiger partial charge in [0.1, 0.15) is 19.3 Å². The van der Waals surface area contributed by atoms with Crippen molar-refractivity contribution in [1.82, 2.24) is 4.90 Å². The number of hydrogen-bond acceptors (Lipinski definition) is 9. The van der Waals surface area contributed by atoms with E-state index in [0.717, 1.165) is 48.8 Å². The van der Waals surface area contributed by atoms with Gasteiger partial charge in [-0.1, -0.05) is 158 Å². The van der Waals surface area contributed by atoms with Crippen LogP contribution in [0.15, 0.2) is 91.0 Å². The minimum atomic E-state index is -2.55. The fraction of sp³-hybridized carbons (Fsp3) is 0.551. The molecule has 10 nitrogen and oxygen atoms in total. The summed E-state index contributed by atoms with van der Waals surface area (Å²) < 4.78 is 30.5. The number of carbonyl (C=O) groups excluding carboxylic acids is 4. The summed E-state index contributed by atoms with van der Waals surface area (Å²) in [5, 5.41) is -0.215. The molecule has 0 heterocycles. The molecule has 0 saturated heterocycles. The molecule has 0 saturated carbocycles. The van der Waals surface area contributed by atoms with E-state index < -0.39 is 62.6 Å². The van der Waals surface area contributed by atoms with E-state index in [0.29, 0.717) is 12.8 Å². The predicted molar refractivity (Wildman–Crippen MR) is 238 cm³/mol. The number of likely N-dealkylation sites (N-methyl/N-ethyl adjacent to an activating group) is 1. The second-order valence-electron chi connectivity index (χ2n) is 17.7. The van der Waals surface area contributed by atoms with Crippen LogP contribution in [0.5, 0.6) is 0 Å². The van der Waals surface area contributed by atoms with Crippen LogP contribution in [0, 0.1) is 11.8 Å². The Kier molecular flexibility index (Phi) is 20.5. The van der Waals surface area contributed by atoms with Crippen LogP contribution < -0.4 is 0 Å². The van der Waals surface area contributed by atoms with E-state index in [1.165, 1.54) is 4.90 Å². The van der Waals surface area contributed by atoms with Gasteiger partial charge in [0, 0.05) is 13.0 Å². The number of rotatable bonds is 24. The molecule has 0 spiro atoms. The van der Waals surface area contributed by atoms with Gasteiger partial charge in [-0.15, -0.1) is 0 Å². The summed E-state index contributed by atoms with van der Waals surface area (Å²) in [4.78, 5) is 56.7. The van der Waals surface area contributed by atoms with E-state index in [4.69, 9.17) is 23.4 Å². The minimum Gasteiger partial charge on any atom is -0.461 e. The second-order valence-corrected chi connectivity index (χ2v) is 22.5. The molecule has 0 radical (unpaired) electrons. The largest absolute Gasteiger partial charge is 0.461 e. The van der Waals surface area contributed by atoms with Crippen molar-refractivity contribution in [3.05, 3.63) is 108 Å². The second kappa shape index (κ2) is 24.7. The van der Waals surface area contributed by atoms with Crippen LogP contribution in [0.1, 0.15) is 110 Å². The first-order chi connectivity index (χ1) is 28.4. The molecule has 0 aromatic heterocycles. The monoisotopic (exact) mass is 845 g/mol. The van der Waals surface area contributed by atoms with E-state index in [1.54, 1.807) is 27.8 Å². The summed E-state index contributed by atoms with van der Waals surface area (Å²) in [6.45, 7) is 18.2. The molecule has 0 unspecified atom stereocenters. The Bertz CT molecular complexity index is 1730. The van der Waals surface area contributed by atoms with Crippen molar-refractivity contribution < 1.29 is 42.6 Å². The number of ether oxygens (including phenoxy) is 4. The quantitative estimate of drug-likeness (QED) is 0.0376. The molecule has 3 aromatic rings. The number of esters is 3. The predicted octanol–water partition coefficient (Wildman–Crippen LogP) is 10.9. The third-order valence-electron chi connectivity index (χ3n) is 11.4. The van der Waals surface area contributed by atoms with E-state index in [1.807, 2.05) is 91.0 Å². The molecule has 0 aliphatic heterocycles. The van der Waals surface area contributed by atoms with Crippen molar-refractivity contribution in [2.24, 2.45) is 11.8 Å². The van der Waals surface area contributed by atoms with Crippen molar-refractivity contribution in [2.75, 3.05) is 7.05 Å². The van der Waals surface area contributed by atoms with Gasteiger partial charge >= 0.3 is 24.0 Å². The van der Waals surface area contributed by atoms with Crippen molar-refractivity contribution in [1.29, 1.82) is 0 Å². The van der Waals surface area contributed by atoms with Gasteiger partial charge in [0.05, 0.1) is 24.5 Å². The molecule has 11 heteroatoms. The number of amides is 1. The summed E-state index contributed by atoms with van der Waals surface area (Å²) in [6, 6.07) is 28.0. The Labute approximate surface area is 360 Å². The fourth-order valence-electron chi connectivity index (χ4n) is 6.53. The number of benzene rings is 3. The first-order valence-electron chi connectivity index (χ1n) is 21.7. The summed E-state index contributed by atoms with van der Waals surface area (Å²) >= 11 is 0. The Morgan fingerprint density at radius 3 is 1.70 bits per heavy atom. The lowest BCUT2D eigenvalue weighted by atomic mass is 9.97. The molecule has 60 heavy (non-hydrogen) atoms. The Morgan fingerprint density at radius 1 is 0.667 bits per heavy atom. The lowest BCUT2D eigenvalue weighted by Gasteiger charge is -2.43. The molecule has 1 amide bonds. The Hall–Kier alpha value is -4.48. The highest BCUT2D eigenvalue weighted by Gasteiger charge is 2.44. The normalized spacial score (nSPS) is 14.3. The molecule has 0 N–H and O–H groups in total. The van der Waals surface area contributed by atoms with Gasteiger partial charge in [0.25, 0.3) is 0 Å². The van der Waals surface area contributed by atoms with Crippen molar-refractivity contribution in [2.45, 2.75) is 156 Å². The highest BCUT2D eigenvalue weighted by Crippen LogP contribution is 2.39. The van der Waals surface area contributed by atoms with Gasteiger partial charge < -0.3 is 28.3 Å². The zero-order chi connectivity index (χ0) is 44.3. The van der Waals surface area contributed by atoms with E-state index in [-0.39, 0.29) is 30.6 Å². The maximum atomic E-state index is 14.3. The Balaban J connectivity index is 1.90. The highest BCUT2D eigenvalue weighted by molar-refractivity contribution is 6.74. The third kappa shape index (κ3) is 16.5. The van der Waals surface area contributed by atoms with Gasteiger partial charge in [0.2, 0.25) is 6.10 Å². The molecular formula is C49H71NO9Si. The molecule has 3 aromatic carbocycles. The SMILES string of the molecule is CCCCCCC[C@@H](OC(=O)C[C@@H](O[Si](C)(C)C(C)(C)C)[C@H](Cc1ccccc1)N(C)C(=O)OCc1ccccc1)[C@H](C)C(=O)O[C@H](C(=O)OCc1ccccc1)C(C)C. The number of unbranched alkanes of at least 4 members (excludes halogenated alkanes) is 4. The summed E-state index contributed by atoms with van der Waals surface area (Å²) in [5.41, 5.74) is 2.64. The van der Waals surface area contributed by atoms with Crippen LogP contribution >= 0.6 is 0 Å². The highest BCUT2D eigenvalue weighted by atomic mass is 28.4. The topological polar surface area (TPSA) is 118 Å². The van der Waals surface area contributed by atoms with Crippen molar-refractivity contribution >= 4 is 32.3 Å². The van der Waals surface area contributed by atoms with Crippen LogP contribution in [-0.4, -0.2) is 68.6 Å². The third-order valence-corrected chi connectivity index (χ3v) is 15.9. The first-order valence-corrected chi connectivity index (χ1v) is 24.6. The fourth-order valence-corrected chi connectivity index (χ4v) is 7.88. The minimum absolute atomic E-state index is 0.0529. The maximum absolute atomic E-state index is 14.3. The lowest BCUT2D eigenvalue weighted by Crippen LogP contribution is -2.54. The van der Waals surface area contributed by atoms with Crippen LogP contribution in [0.2, 0.25) is 18.1 Å². The average molecular weight is 846 g/mol. The van der Waals surface area contributed by atoms with Crippen LogP contribution in [-0.2, 0) is 57.4 Å². The Morgan fingerprint density at radius 2 is 1.18 bits per heavy atom. The molecule has 0 aliphatic carbocycles. The van der Waals surface area contributed by atoms with Gasteiger partial charge in [-0.3, -0.25) is 9.59 Å². The molecule has 0 bridgehead atoms. The van der Waals surface area contributed by atoms with Crippen LogP contribution in [0.4, 0.5) is 4.79 Å². The first kappa shape index (κ1) is 49.9. The van der Waals surface area contributed by atoms with E-state index in [9.17, 15) is 19.2 Å². The summed E-state index contributed by atoms with van der Waals surface area (Å²) in [5.74, 6) is -3.06. The van der Waals surface area contributed by atoms with Gasteiger partial charge in [-0.05, 0) is 61.0 Å². The van der Waals surface area contributed by atoms with Crippen LogP contribution in [0.25, 0.3) is 0 Å². The van der Waals surface area contributed by atoms with E-state index in [2.05, 4.69) is 40.8 Å². The zero-order valence-corrected chi connectivity index (χ0v) is 38.8. The maximum Gasteiger partial charge on any atom is 0.410 e. The number of hydrogen-bond donors (Lipinski definition) is 0. The van der Waals surface area contributed by atoms with Gasteiger partial charge in [0.15, 0.2) is 8.32 Å². The summed E-state index contributed by atoms with van der Waals surface area (Å²) in [6.07, 6.45) is 2.21. The average Bonchev–Trinajstić information content (AvgIpc) is 3.22. The molecule has 0 fully saturated rings.